The first kappa shape index (κ1) is 18.0. The van der Waals surface area contributed by atoms with E-state index in [2.05, 4.69) is 101 Å². The van der Waals surface area contributed by atoms with E-state index in [0.717, 1.165) is 0 Å². The lowest BCUT2D eigenvalue weighted by molar-refractivity contribution is 0.836. The van der Waals surface area contributed by atoms with Crippen LogP contribution in [0.1, 0.15) is 38.8 Å². The highest BCUT2D eigenvalue weighted by molar-refractivity contribution is 5.49. The Morgan fingerprint density at radius 2 is 0.864 bits per heavy atom. The molecule has 2 aromatic rings. The zero-order chi connectivity index (χ0) is 16.2. The molecule has 116 valence electrons. The highest BCUT2D eigenvalue weighted by Crippen LogP contribution is 2.04. The predicted molar refractivity (Wildman–Crippen MR) is 101 cm³/mol. The van der Waals surface area contributed by atoms with E-state index in [1.165, 1.54) is 11.1 Å². The predicted octanol–water partition coefficient (Wildman–Crippen LogP) is 6.71. The van der Waals surface area contributed by atoms with E-state index >= 15 is 0 Å². The Hall–Kier alpha value is -2.08. The van der Waals surface area contributed by atoms with Crippen molar-refractivity contribution in [3.8, 4) is 0 Å². The first-order valence-electron chi connectivity index (χ1n) is 8.04. The second-order valence-electron chi connectivity index (χ2n) is 6.03. The van der Waals surface area contributed by atoms with Crippen molar-refractivity contribution >= 4 is 12.2 Å². The summed E-state index contributed by atoms with van der Waals surface area (Å²) in [7, 11) is 0. The highest BCUT2D eigenvalue weighted by Gasteiger charge is 1.85. The molecule has 0 saturated heterocycles. The average molecular weight is 292 g/mol. The van der Waals surface area contributed by atoms with Crippen LogP contribution in [0, 0.1) is 11.8 Å². The molecule has 0 nitrogen and oxygen atoms in total. The molecular formula is C22H28. The third-order valence-corrected chi connectivity index (χ3v) is 2.95. The van der Waals surface area contributed by atoms with Gasteiger partial charge in [-0.2, -0.15) is 0 Å². The molecule has 0 heterocycles. The van der Waals surface area contributed by atoms with E-state index in [-0.39, 0.29) is 0 Å². The van der Waals surface area contributed by atoms with E-state index in [4.69, 9.17) is 0 Å². The van der Waals surface area contributed by atoms with Gasteiger partial charge >= 0.3 is 0 Å². The molecule has 2 aromatic carbocycles. The number of allylic oxidation sites excluding steroid dienone is 2. The summed E-state index contributed by atoms with van der Waals surface area (Å²) in [6.07, 6.45) is 8.72. The summed E-state index contributed by atoms with van der Waals surface area (Å²) in [5, 5.41) is 0. The van der Waals surface area contributed by atoms with E-state index in [1.807, 2.05) is 12.1 Å². The van der Waals surface area contributed by atoms with Crippen LogP contribution in [0.25, 0.3) is 12.2 Å². The molecule has 0 atom stereocenters. The number of hydrogen-bond donors (Lipinski definition) is 0. The van der Waals surface area contributed by atoms with Gasteiger partial charge in [0, 0.05) is 0 Å². The fourth-order valence-electron chi connectivity index (χ4n) is 1.74. The fourth-order valence-corrected chi connectivity index (χ4v) is 1.74. The lowest BCUT2D eigenvalue weighted by Crippen LogP contribution is -1.76. The van der Waals surface area contributed by atoms with Crippen molar-refractivity contribution in [2.45, 2.75) is 27.7 Å². The topological polar surface area (TPSA) is 0 Å². The van der Waals surface area contributed by atoms with Gasteiger partial charge in [0.2, 0.25) is 0 Å². The zero-order valence-electron chi connectivity index (χ0n) is 14.2. The summed E-state index contributed by atoms with van der Waals surface area (Å²) in [5.74, 6) is 1.27. The van der Waals surface area contributed by atoms with Gasteiger partial charge in [0.15, 0.2) is 0 Å². The second-order valence-corrected chi connectivity index (χ2v) is 6.03. The largest absolute Gasteiger partial charge is 0.0814 e. The van der Waals surface area contributed by atoms with Crippen LogP contribution >= 0.6 is 0 Å². The molecule has 0 aliphatic rings. The van der Waals surface area contributed by atoms with Crippen molar-refractivity contribution < 1.29 is 0 Å². The summed E-state index contributed by atoms with van der Waals surface area (Å²) in [4.78, 5) is 0. The van der Waals surface area contributed by atoms with Crippen LogP contribution in [0.3, 0.4) is 0 Å². The summed E-state index contributed by atoms with van der Waals surface area (Å²) in [6, 6.07) is 20.7. The molecular weight excluding hydrogens is 264 g/mol. The van der Waals surface area contributed by atoms with Crippen molar-refractivity contribution in [3.05, 3.63) is 83.9 Å². The van der Waals surface area contributed by atoms with E-state index in [9.17, 15) is 0 Å². The van der Waals surface area contributed by atoms with Crippen molar-refractivity contribution in [1.29, 1.82) is 0 Å². The zero-order valence-corrected chi connectivity index (χ0v) is 14.2. The summed E-state index contributed by atoms with van der Waals surface area (Å²) < 4.78 is 0. The first-order valence-corrected chi connectivity index (χ1v) is 8.04. The monoisotopic (exact) mass is 292 g/mol. The van der Waals surface area contributed by atoms with Gasteiger partial charge in [-0.3, -0.25) is 0 Å². The lowest BCUT2D eigenvalue weighted by atomic mass is 10.1. The highest BCUT2D eigenvalue weighted by atomic mass is 13.9. The van der Waals surface area contributed by atoms with Crippen molar-refractivity contribution in [2.75, 3.05) is 0 Å². The second kappa shape index (κ2) is 10.6. The van der Waals surface area contributed by atoms with E-state index in [1.54, 1.807) is 0 Å². The third-order valence-electron chi connectivity index (χ3n) is 2.95. The van der Waals surface area contributed by atoms with E-state index < -0.39 is 0 Å². The molecule has 0 radical (unpaired) electrons. The first-order chi connectivity index (χ1) is 10.6. The molecule has 0 amide bonds. The van der Waals surface area contributed by atoms with Crippen molar-refractivity contribution in [2.24, 2.45) is 11.8 Å². The molecule has 0 unspecified atom stereocenters. The molecule has 0 aliphatic heterocycles. The average Bonchev–Trinajstić information content (AvgIpc) is 2.53. The smallest absolute Gasteiger partial charge is 0.0260 e. The molecule has 0 saturated carbocycles. The molecule has 0 spiro atoms. The molecule has 22 heavy (non-hydrogen) atoms. The van der Waals surface area contributed by atoms with Gasteiger partial charge in [0.1, 0.15) is 0 Å². The summed E-state index contributed by atoms with van der Waals surface area (Å²) in [6.45, 7) is 8.72. The molecule has 0 fully saturated rings. The van der Waals surface area contributed by atoms with Gasteiger partial charge in [-0.1, -0.05) is 113 Å². The number of benzene rings is 2. The quantitative estimate of drug-likeness (QED) is 0.587. The van der Waals surface area contributed by atoms with Gasteiger partial charge < -0.3 is 0 Å². The molecule has 0 aromatic heterocycles. The Morgan fingerprint density at radius 1 is 0.545 bits per heavy atom. The van der Waals surface area contributed by atoms with Gasteiger partial charge in [-0.05, 0) is 23.0 Å². The van der Waals surface area contributed by atoms with Crippen LogP contribution < -0.4 is 0 Å². The Kier molecular flexibility index (Phi) is 8.67. The minimum atomic E-state index is 0.634. The maximum absolute atomic E-state index is 2.20. The molecule has 0 heteroatoms. The fraction of sp³-hybridized carbons (Fsp3) is 0.273. The van der Waals surface area contributed by atoms with Crippen LogP contribution in [0.4, 0.5) is 0 Å². The Bertz CT molecular complexity index is 492. The number of rotatable bonds is 4. The third kappa shape index (κ3) is 8.97. The molecule has 0 N–H and O–H groups in total. The minimum Gasteiger partial charge on any atom is -0.0814 e. The summed E-state index contributed by atoms with van der Waals surface area (Å²) in [5.41, 5.74) is 2.56. The maximum Gasteiger partial charge on any atom is -0.0260 e. The molecule has 2 rings (SSSR count). The Labute approximate surface area is 136 Å². The molecule has 0 bridgehead atoms. The van der Waals surface area contributed by atoms with Crippen molar-refractivity contribution in [1.82, 2.24) is 0 Å². The van der Waals surface area contributed by atoms with Crippen LogP contribution in [-0.4, -0.2) is 0 Å². The lowest BCUT2D eigenvalue weighted by Gasteiger charge is -1.93. The molecule has 0 aliphatic carbocycles. The minimum absolute atomic E-state index is 0.634. The van der Waals surface area contributed by atoms with Crippen LogP contribution in [0.15, 0.2) is 72.8 Å². The van der Waals surface area contributed by atoms with E-state index in [0.29, 0.717) is 11.8 Å². The van der Waals surface area contributed by atoms with Crippen LogP contribution in [0.5, 0.6) is 0 Å². The normalized spacial score (nSPS) is 11.2. The number of hydrogen-bond acceptors (Lipinski definition) is 0. The maximum atomic E-state index is 2.20. The summed E-state index contributed by atoms with van der Waals surface area (Å²) >= 11 is 0. The van der Waals surface area contributed by atoms with Gasteiger partial charge in [0.05, 0.1) is 0 Å². The standard InChI is InChI=1S/2C11H14/c2*1-10(2)8-9-11-6-4-3-5-7-11/h2*3-10H,1-2H3. The SMILES string of the molecule is CC(C)C=Cc1ccccc1.CC(C)C=Cc1ccccc1. The van der Waals surface area contributed by atoms with Gasteiger partial charge in [0.25, 0.3) is 0 Å². The van der Waals surface area contributed by atoms with Gasteiger partial charge in [-0.15, -0.1) is 0 Å². The van der Waals surface area contributed by atoms with Crippen LogP contribution in [0.2, 0.25) is 0 Å². The Balaban J connectivity index is 0.000000220. The Morgan fingerprint density at radius 3 is 1.14 bits per heavy atom. The van der Waals surface area contributed by atoms with Crippen molar-refractivity contribution in [3.63, 3.8) is 0 Å². The van der Waals surface area contributed by atoms with Gasteiger partial charge in [-0.25, -0.2) is 0 Å². The van der Waals surface area contributed by atoms with Crippen LogP contribution in [-0.2, 0) is 0 Å².